The fraction of sp³-hybridized carbons (Fsp3) is 0.692. The second-order valence-electron chi connectivity index (χ2n) is 4.57. The monoisotopic (exact) mass is 336 g/mol. The van der Waals surface area contributed by atoms with Crippen molar-refractivity contribution in [3.05, 3.63) is 0 Å². The molecule has 0 aliphatic carbocycles. The summed E-state index contributed by atoms with van der Waals surface area (Å²) in [6.45, 7) is 5.05. The zero-order valence-corrected chi connectivity index (χ0v) is 13.4. The summed E-state index contributed by atoms with van der Waals surface area (Å²) in [6.07, 6.45) is -3.52. The standard InChI is InChI=1S/C13H20O10/c1-8(2)22-12(16)20-6-18-10(14)5-11(15)19-7-21-13(17)23-9(3)4/h8-9H,5-7H2,1-4H3. The third-order valence-electron chi connectivity index (χ3n) is 1.75. The van der Waals surface area contributed by atoms with E-state index >= 15 is 0 Å². The molecule has 0 aromatic carbocycles. The van der Waals surface area contributed by atoms with Crippen LogP contribution in [0.5, 0.6) is 0 Å². The second kappa shape index (κ2) is 11.1. The highest BCUT2D eigenvalue weighted by Gasteiger charge is 2.15. The Bertz CT molecular complexity index is 377. The van der Waals surface area contributed by atoms with Crippen LogP contribution in [0.4, 0.5) is 9.59 Å². The molecular formula is C13H20O10. The molecule has 0 aromatic heterocycles. The first-order valence-corrected chi connectivity index (χ1v) is 6.68. The first-order chi connectivity index (χ1) is 10.7. The largest absolute Gasteiger partial charge is 0.511 e. The fourth-order valence-electron chi connectivity index (χ4n) is 0.959. The molecule has 0 saturated heterocycles. The summed E-state index contributed by atoms with van der Waals surface area (Å²) in [7, 11) is 0. The Balaban J connectivity index is 3.75. The molecule has 0 fully saturated rings. The van der Waals surface area contributed by atoms with E-state index in [1.165, 1.54) is 0 Å². The van der Waals surface area contributed by atoms with Gasteiger partial charge in [0.1, 0.15) is 6.42 Å². The van der Waals surface area contributed by atoms with Crippen molar-refractivity contribution >= 4 is 24.2 Å². The van der Waals surface area contributed by atoms with Crippen molar-refractivity contribution in [2.24, 2.45) is 0 Å². The van der Waals surface area contributed by atoms with Crippen LogP contribution in [-0.4, -0.2) is 50.0 Å². The summed E-state index contributed by atoms with van der Waals surface area (Å²) in [5, 5.41) is 0. The Morgan fingerprint density at radius 2 is 1.00 bits per heavy atom. The molecule has 0 amide bonds. The SMILES string of the molecule is CC(C)OC(=O)OCOC(=O)CC(=O)OCOC(=O)OC(C)C. The first kappa shape index (κ1) is 20.5. The number of hydrogen-bond donors (Lipinski definition) is 0. The van der Waals surface area contributed by atoms with Gasteiger partial charge in [-0.1, -0.05) is 0 Å². The van der Waals surface area contributed by atoms with E-state index in [1.807, 2.05) is 0 Å². The Hall–Kier alpha value is -2.52. The van der Waals surface area contributed by atoms with Gasteiger partial charge < -0.3 is 28.4 Å². The summed E-state index contributed by atoms with van der Waals surface area (Å²) < 4.78 is 26.9. The van der Waals surface area contributed by atoms with Crippen LogP contribution in [-0.2, 0) is 38.0 Å². The topological polar surface area (TPSA) is 124 Å². The summed E-state index contributed by atoms with van der Waals surface area (Å²) >= 11 is 0. The van der Waals surface area contributed by atoms with Crippen LogP contribution < -0.4 is 0 Å². The Labute approximate surface area is 132 Å². The third kappa shape index (κ3) is 12.9. The Kier molecular flexibility index (Phi) is 9.88. The maximum absolute atomic E-state index is 11.2. The van der Waals surface area contributed by atoms with Gasteiger partial charge in [-0.25, -0.2) is 9.59 Å². The lowest BCUT2D eigenvalue weighted by Gasteiger charge is -2.09. The number of rotatable bonds is 8. The Morgan fingerprint density at radius 3 is 1.30 bits per heavy atom. The minimum absolute atomic E-state index is 0.379. The number of ether oxygens (including phenoxy) is 6. The maximum atomic E-state index is 11.2. The average Bonchev–Trinajstić information content (AvgIpc) is 2.36. The molecule has 0 bridgehead atoms. The zero-order valence-electron chi connectivity index (χ0n) is 13.4. The van der Waals surface area contributed by atoms with Crippen LogP contribution in [0.25, 0.3) is 0 Å². The van der Waals surface area contributed by atoms with E-state index in [-0.39, 0.29) is 12.2 Å². The quantitative estimate of drug-likeness (QED) is 0.279. The van der Waals surface area contributed by atoms with Gasteiger partial charge in [-0.15, -0.1) is 0 Å². The minimum atomic E-state index is -1.01. The lowest BCUT2D eigenvalue weighted by atomic mass is 10.4. The second-order valence-corrected chi connectivity index (χ2v) is 4.57. The third-order valence-corrected chi connectivity index (χ3v) is 1.75. The van der Waals surface area contributed by atoms with Crippen LogP contribution >= 0.6 is 0 Å². The predicted octanol–water partition coefficient (Wildman–Crippen LogP) is 1.50. The van der Waals surface area contributed by atoms with Gasteiger partial charge in [-0.3, -0.25) is 9.59 Å². The van der Waals surface area contributed by atoms with Gasteiger partial charge in [-0.2, -0.15) is 0 Å². The van der Waals surface area contributed by atoms with Crippen LogP contribution in [0.3, 0.4) is 0 Å². The van der Waals surface area contributed by atoms with Gasteiger partial charge in [0.25, 0.3) is 0 Å². The summed E-state index contributed by atoms with van der Waals surface area (Å²) in [4.78, 5) is 44.3. The molecule has 0 saturated carbocycles. The summed E-state index contributed by atoms with van der Waals surface area (Å²) in [6, 6.07) is 0. The fourth-order valence-corrected chi connectivity index (χ4v) is 0.959. The molecule has 10 nitrogen and oxygen atoms in total. The van der Waals surface area contributed by atoms with E-state index in [0.29, 0.717) is 0 Å². The van der Waals surface area contributed by atoms with E-state index < -0.39 is 44.3 Å². The van der Waals surface area contributed by atoms with Crippen molar-refractivity contribution in [3.63, 3.8) is 0 Å². The van der Waals surface area contributed by atoms with Crippen LogP contribution in [0.2, 0.25) is 0 Å². The van der Waals surface area contributed by atoms with Crippen molar-refractivity contribution in [1.82, 2.24) is 0 Å². The van der Waals surface area contributed by atoms with Crippen molar-refractivity contribution in [3.8, 4) is 0 Å². The summed E-state index contributed by atoms with van der Waals surface area (Å²) in [5.41, 5.74) is 0. The molecule has 0 radical (unpaired) electrons. The number of carbonyl (C=O) groups excluding carboxylic acids is 4. The van der Waals surface area contributed by atoms with Gasteiger partial charge in [0.15, 0.2) is 0 Å². The molecule has 0 unspecified atom stereocenters. The zero-order chi connectivity index (χ0) is 17.8. The smallest absolute Gasteiger partial charge is 0.431 e. The minimum Gasteiger partial charge on any atom is -0.431 e. The normalized spacial score (nSPS) is 10.0. The molecule has 0 heterocycles. The van der Waals surface area contributed by atoms with Crippen molar-refractivity contribution in [1.29, 1.82) is 0 Å². The molecule has 10 heteroatoms. The highest BCUT2D eigenvalue weighted by Crippen LogP contribution is 1.97. The average molecular weight is 336 g/mol. The molecule has 0 spiro atoms. The van der Waals surface area contributed by atoms with E-state index in [2.05, 4.69) is 28.4 Å². The number of esters is 2. The van der Waals surface area contributed by atoms with E-state index in [4.69, 9.17) is 0 Å². The molecule has 0 N–H and O–H groups in total. The first-order valence-electron chi connectivity index (χ1n) is 6.68. The molecule has 132 valence electrons. The Morgan fingerprint density at radius 1 is 0.652 bits per heavy atom. The number of carbonyl (C=O) groups is 4. The molecule has 0 aliphatic heterocycles. The van der Waals surface area contributed by atoms with Crippen LogP contribution in [0, 0.1) is 0 Å². The molecule has 0 aromatic rings. The van der Waals surface area contributed by atoms with E-state index in [0.717, 1.165) is 0 Å². The lowest BCUT2D eigenvalue weighted by molar-refractivity contribution is -0.164. The van der Waals surface area contributed by atoms with E-state index in [9.17, 15) is 19.2 Å². The maximum Gasteiger partial charge on any atom is 0.511 e. The van der Waals surface area contributed by atoms with Gasteiger partial charge in [-0.05, 0) is 27.7 Å². The molecular weight excluding hydrogens is 316 g/mol. The van der Waals surface area contributed by atoms with Gasteiger partial charge in [0, 0.05) is 0 Å². The molecule has 0 aliphatic rings. The molecule has 0 atom stereocenters. The van der Waals surface area contributed by atoms with E-state index in [1.54, 1.807) is 27.7 Å². The van der Waals surface area contributed by atoms with Crippen LogP contribution in [0.15, 0.2) is 0 Å². The van der Waals surface area contributed by atoms with Gasteiger partial charge in [0.2, 0.25) is 13.6 Å². The molecule has 0 rings (SSSR count). The van der Waals surface area contributed by atoms with Crippen LogP contribution in [0.1, 0.15) is 34.1 Å². The van der Waals surface area contributed by atoms with Gasteiger partial charge in [0.05, 0.1) is 12.2 Å². The molecule has 23 heavy (non-hydrogen) atoms. The predicted molar refractivity (Wildman–Crippen MR) is 71.9 cm³/mol. The highest BCUT2D eigenvalue weighted by atomic mass is 16.8. The van der Waals surface area contributed by atoms with Crippen molar-refractivity contribution in [2.45, 2.75) is 46.3 Å². The van der Waals surface area contributed by atoms with Gasteiger partial charge >= 0.3 is 24.2 Å². The number of hydrogen-bond acceptors (Lipinski definition) is 10. The lowest BCUT2D eigenvalue weighted by Crippen LogP contribution is -2.20. The van der Waals surface area contributed by atoms with Crippen molar-refractivity contribution in [2.75, 3.05) is 13.6 Å². The highest BCUT2D eigenvalue weighted by molar-refractivity contribution is 5.91. The summed E-state index contributed by atoms with van der Waals surface area (Å²) in [5.74, 6) is -1.98. The van der Waals surface area contributed by atoms with Crippen molar-refractivity contribution < 1.29 is 47.6 Å².